The van der Waals surface area contributed by atoms with Crippen LogP contribution in [0.2, 0.25) is 0 Å². The lowest BCUT2D eigenvalue weighted by molar-refractivity contribution is -0.129. The zero-order chi connectivity index (χ0) is 16.3. The minimum absolute atomic E-state index is 0. The van der Waals surface area contributed by atoms with Gasteiger partial charge in [0, 0.05) is 32.7 Å². The molecule has 0 radical (unpaired) electrons. The molecular formula is C17H26Cl2N4O2. The van der Waals surface area contributed by atoms with E-state index in [1.54, 1.807) is 0 Å². The molecule has 1 aliphatic heterocycles. The van der Waals surface area contributed by atoms with Gasteiger partial charge in [-0.05, 0) is 31.9 Å². The fourth-order valence-corrected chi connectivity index (χ4v) is 3.10. The number of aromatic nitrogens is 2. The lowest BCUT2D eigenvalue weighted by Gasteiger charge is -2.31. The fraction of sp³-hybridized carbons (Fsp3) is 0.529. The minimum atomic E-state index is -0.789. The predicted octanol–water partition coefficient (Wildman–Crippen LogP) is 2.07. The fourth-order valence-electron chi connectivity index (χ4n) is 3.10. The normalized spacial score (nSPS) is 15.9. The summed E-state index contributed by atoms with van der Waals surface area (Å²) < 4.78 is 7.47. The number of nitrogens with zero attached hydrogens (tertiary/aromatic N) is 2. The molecule has 3 N–H and O–H groups in total. The minimum Gasteiger partial charge on any atom is -0.381 e. The number of hydrogen-bond donors (Lipinski definition) is 2. The highest BCUT2D eigenvalue weighted by molar-refractivity contribution is 5.86. The van der Waals surface area contributed by atoms with Gasteiger partial charge in [0.1, 0.15) is 5.82 Å². The van der Waals surface area contributed by atoms with E-state index >= 15 is 0 Å². The summed E-state index contributed by atoms with van der Waals surface area (Å²) in [7, 11) is 0. The number of ether oxygens (including phenoxy) is 1. The molecule has 3 rings (SSSR count). The first-order valence-corrected chi connectivity index (χ1v) is 8.23. The average Bonchev–Trinajstić information content (AvgIpc) is 2.92. The molecule has 0 saturated carbocycles. The second kappa shape index (κ2) is 9.38. The summed E-state index contributed by atoms with van der Waals surface area (Å²) in [6, 6.07) is 8.10. The van der Waals surface area contributed by atoms with Crippen LogP contribution in [0.1, 0.15) is 25.6 Å². The third-order valence-corrected chi connectivity index (χ3v) is 4.52. The maximum absolute atomic E-state index is 12.3. The average molecular weight is 389 g/mol. The molecule has 1 aromatic heterocycles. The number of nitrogens with two attached hydrogens (primary N) is 1. The van der Waals surface area contributed by atoms with Crippen molar-refractivity contribution < 1.29 is 9.53 Å². The molecule has 0 unspecified atom stereocenters. The van der Waals surface area contributed by atoms with Crippen molar-refractivity contribution in [1.29, 1.82) is 0 Å². The van der Waals surface area contributed by atoms with Crippen LogP contribution in [0.3, 0.4) is 0 Å². The Morgan fingerprint density at radius 3 is 2.68 bits per heavy atom. The van der Waals surface area contributed by atoms with Gasteiger partial charge in [-0.1, -0.05) is 12.1 Å². The van der Waals surface area contributed by atoms with Crippen molar-refractivity contribution in [2.24, 2.45) is 5.73 Å². The van der Waals surface area contributed by atoms with Gasteiger partial charge in [0.2, 0.25) is 5.91 Å². The number of imidazole rings is 1. The molecule has 2 heterocycles. The Labute approximate surface area is 160 Å². The number of aryl methyl sites for hydroxylation is 1. The molecular weight excluding hydrogens is 363 g/mol. The van der Waals surface area contributed by atoms with Crippen LogP contribution in [0, 0.1) is 0 Å². The van der Waals surface area contributed by atoms with E-state index < -0.39 is 5.54 Å². The SMILES string of the molecule is CCn1c(CCNC(=O)C2(N)CCOCC2)nc2ccccc21.Cl.Cl. The highest BCUT2D eigenvalue weighted by atomic mass is 35.5. The van der Waals surface area contributed by atoms with Crippen LogP contribution in [0.5, 0.6) is 0 Å². The third-order valence-electron chi connectivity index (χ3n) is 4.52. The lowest BCUT2D eigenvalue weighted by Crippen LogP contribution is -2.57. The van der Waals surface area contributed by atoms with Crippen molar-refractivity contribution >= 4 is 41.8 Å². The molecule has 1 fully saturated rings. The first-order valence-electron chi connectivity index (χ1n) is 8.23. The van der Waals surface area contributed by atoms with E-state index in [2.05, 4.69) is 27.9 Å². The number of benzene rings is 1. The van der Waals surface area contributed by atoms with Crippen molar-refractivity contribution in [3.05, 3.63) is 30.1 Å². The Balaban J connectivity index is 0.00000156. The van der Waals surface area contributed by atoms with Crippen molar-refractivity contribution in [1.82, 2.24) is 14.9 Å². The first kappa shape index (κ1) is 21.7. The molecule has 0 atom stereocenters. The summed E-state index contributed by atoms with van der Waals surface area (Å²) in [4.78, 5) is 17.0. The molecule has 1 amide bonds. The first-order chi connectivity index (χ1) is 11.1. The summed E-state index contributed by atoms with van der Waals surface area (Å²) in [6.07, 6.45) is 1.85. The number of fused-ring (bicyclic) bond motifs is 1. The highest BCUT2D eigenvalue weighted by Crippen LogP contribution is 2.18. The zero-order valence-corrected chi connectivity index (χ0v) is 16.0. The van der Waals surface area contributed by atoms with Gasteiger partial charge in [0.05, 0.1) is 16.6 Å². The van der Waals surface area contributed by atoms with Crippen LogP contribution in [0.15, 0.2) is 24.3 Å². The summed E-state index contributed by atoms with van der Waals surface area (Å²) in [6.45, 7) is 4.61. The molecule has 2 aromatic rings. The summed E-state index contributed by atoms with van der Waals surface area (Å²) in [5, 5.41) is 2.96. The van der Waals surface area contributed by atoms with Crippen molar-refractivity contribution in [3.63, 3.8) is 0 Å². The van der Waals surface area contributed by atoms with Crippen molar-refractivity contribution in [3.8, 4) is 0 Å². The molecule has 0 spiro atoms. The molecule has 1 aliphatic rings. The van der Waals surface area contributed by atoms with E-state index in [0.717, 1.165) is 23.4 Å². The van der Waals surface area contributed by atoms with E-state index in [9.17, 15) is 4.79 Å². The van der Waals surface area contributed by atoms with Gasteiger partial charge in [-0.2, -0.15) is 0 Å². The lowest BCUT2D eigenvalue weighted by atomic mass is 9.90. The largest absolute Gasteiger partial charge is 0.381 e. The van der Waals surface area contributed by atoms with Gasteiger partial charge in [-0.3, -0.25) is 4.79 Å². The van der Waals surface area contributed by atoms with E-state index in [1.165, 1.54) is 0 Å². The number of amides is 1. The number of carbonyl (C=O) groups is 1. The number of nitrogens with one attached hydrogen (secondary N) is 1. The maximum Gasteiger partial charge on any atom is 0.240 e. The zero-order valence-electron chi connectivity index (χ0n) is 14.4. The Kier molecular flexibility index (Phi) is 8.15. The summed E-state index contributed by atoms with van der Waals surface area (Å²) >= 11 is 0. The van der Waals surface area contributed by atoms with Crippen LogP contribution in [0.25, 0.3) is 11.0 Å². The van der Waals surface area contributed by atoms with Crippen LogP contribution in [0.4, 0.5) is 0 Å². The quantitative estimate of drug-likeness (QED) is 0.820. The Hall–Kier alpha value is -1.34. The third kappa shape index (κ3) is 4.64. The van der Waals surface area contributed by atoms with E-state index in [0.29, 0.717) is 39.0 Å². The van der Waals surface area contributed by atoms with Crippen molar-refractivity contribution in [2.45, 2.75) is 38.3 Å². The molecule has 6 nitrogen and oxygen atoms in total. The van der Waals surface area contributed by atoms with Crippen LogP contribution in [-0.2, 0) is 22.5 Å². The van der Waals surface area contributed by atoms with Gasteiger partial charge in [0.15, 0.2) is 0 Å². The van der Waals surface area contributed by atoms with E-state index in [1.807, 2.05) is 18.2 Å². The van der Waals surface area contributed by atoms with Gasteiger partial charge in [-0.15, -0.1) is 24.8 Å². The molecule has 0 aliphatic carbocycles. The second-order valence-electron chi connectivity index (χ2n) is 6.04. The van der Waals surface area contributed by atoms with Crippen LogP contribution < -0.4 is 11.1 Å². The topological polar surface area (TPSA) is 82.2 Å². The molecule has 1 aromatic carbocycles. The van der Waals surface area contributed by atoms with E-state index in [-0.39, 0.29) is 30.7 Å². The van der Waals surface area contributed by atoms with Gasteiger partial charge in [0.25, 0.3) is 0 Å². The van der Waals surface area contributed by atoms with Gasteiger partial charge in [-0.25, -0.2) is 4.98 Å². The highest BCUT2D eigenvalue weighted by Gasteiger charge is 2.35. The molecule has 140 valence electrons. The number of hydrogen-bond acceptors (Lipinski definition) is 4. The summed E-state index contributed by atoms with van der Waals surface area (Å²) in [5.74, 6) is 0.909. The number of carbonyl (C=O) groups excluding carboxylic acids is 1. The van der Waals surface area contributed by atoms with E-state index in [4.69, 9.17) is 10.5 Å². The number of rotatable bonds is 5. The monoisotopic (exact) mass is 388 g/mol. The number of halogens is 2. The van der Waals surface area contributed by atoms with Crippen LogP contribution in [-0.4, -0.2) is 40.8 Å². The molecule has 1 saturated heterocycles. The Morgan fingerprint density at radius 1 is 1.32 bits per heavy atom. The van der Waals surface area contributed by atoms with Crippen molar-refractivity contribution in [2.75, 3.05) is 19.8 Å². The maximum atomic E-state index is 12.3. The standard InChI is InChI=1S/C17H24N4O2.2ClH/c1-2-21-14-6-4-3-5-13(14)20-15(21)7-10-19-16(22)17(18)8-11-23-12-9-17;;/h3-6H,2,7-12,18H2,1H3,(H,19,22);2*1H. The smallest absolute Gasteiger partial charge is 0.240 e. The number of para-hydroxylation sites is 2. The van der Waals surface area contributed by atoms with Gasteiger partial charge < -0.3 is 20.4 Å². The Bertz CT molecular complexity index is 699. The Morgan fingerprint density at radius 2 is 2.00 bits per heavy atom. The molecule has 25 heavy (non-hydrogen) atoms. The van der Waals surface area contributed by atoms with Crippen LogP contribution >= 0.6 is 24.8 Å². The molecule has 8 heteroatoms. The summed E-state index contributed by atoms with van der Waals surface area (Å²) in [5.41, 5.74) is 7.53. The van der Waals surface area contributed by atoms with Gasteiger partial charge >= 0.3 is 0 Å². The molecule has 0 bridgehead atoms. The second-order valence-corrected chi connectivity index (χ2v) is 6.04. The predicted molar refractivity (Wildman–Crippen MR) is 104 cm³/mol.